The molecule has 1 amide bonds. The maximum absolute atomic E-state index is 13.7. The molecule has 224 valence electrons. The first-order chi connectivity index (χ1) is 20.6. The van der Waals surface area contributed by atoms with Crippen molar-refractivity contribution in [3.05, 3.63) is 107 Å². The van der Waals surface area contributed by atoms with E-state index in [4.69, 9.17) is 9.47 Å². The standard InChI is InChI=1S/C33H33NO9/c1-22(34(20-29(35)36)30(37)28-21-42-33(43-28,31(38)39)32(40)41)27(18-17-24-11-6-3-7-12-24)26-14-8-13-25(19-26)16-15-23-9-4-2-5-10-23/h2-16,19,22,27-28H,17-18,20-21H2,1H3,(H,35,36)(H,38,39)(H,40,41). The number of nitrogens with zero attached hydrogens (tertiary/aromatic N) is 1. The summed E-state index contributed by atoms with van der Waals surface area (Å²) in [5.74, 6) is -9.40. The molecule has 3 aromatic rings. The van der Waals surface area contributed by atoms with Gasteiger partial charge in [-0.05, 0) is 42.0 Å². The lowest BCUT2D eigenvalue weighted by atomic mass is 9.85. The molecule has 0 saturated carbocycles. The van der Waals surface area contributed by atoms with E-state index in [0.717, 1.165) is 27.2 Å². The summed E-state index contributed by atoms with van der Waals surface area (Å²) in [6, 6.07) is 26.6. The van der Waals surface area contributed by atoms with E-state index in [9.17, 15) is 34.5 Å². The summed E-state index contributed by atoms with van der Waals surface area (Å²) in [5, 5.41) is 28.6. The third-order valence-electron chi connectivity index (χ3n) is 7.44. The third kappa shape index (κ3) is 7.54. The van der Waals surface area contributed by atoms with Crippen LogP contribution in [0, 0.1) is 0 Å². The second kappa shape index (κ2) is 13.9. The van der Waals surface area contributed by atoms with Crippen molar-refractivity contribution in [2.45, 2.75) is 43.6 Å². The Balaban J connectivity index is 1.66. The van der Waals surface area contributed by atoms with Crippen LogP contribution in [0.25, 0.3) is 12.2 Å². The Kier molecular flexibility index (Phi) is 10.1. The number of carbonyl (C=O) groups excluding carboxylic acids is 1. The van der Waals surface area contributed by atoms with Gasteiger partial charge in [-0.3, -0.25) is 9.59 Å². The molecule has 0 aliphatic carbocycles. The molecule has 3 atom stereocenters. The number of benzene rings is 3. The fraction of sp³-hybridized carbons (Fsp3) is 0.273. The van der Waals surface area contributed by atoms with Gasteiger partial charge in [0.2, 0.25) is 0 Å². The molecule has 0 bridgehead atoms. The Morgan fingerprint density at radius 3 is 2.09 bits per heavy atom. The minimum Gasteiger partial charge on any atom is -0.480 e. The Morgan fingerprint density at radius 2 is 1.49 bits per heavy atom. The number of ether oxygens (including phenoxy) is 2. The average molecular weight is 588 g/mol. The van der Waals surface area contributed by atoms with Crippen molar-refractivity contribution in [2.75, 3.05) is 13.2 Å². The van der Waals surface area contributed by atoms with Crippen LogP contribution in [-0.2, 0) is 35.1 Å². The number of rotatable bonds is 13. The maximum atomic E-state index is 13.7. The Morgan fingerprint density at radius 1 is 0.884 bits per heavy atom. The normalized spacial score (nSPS) is 17.3. The van der Waals surface area contributed by atoms with Crippen LogP contribution in [0.4, 0.5) is 0 Å². The van der Waals surface area contributed by atoms with Crippen LogP contribution in [0.15, 0.2) is 84.9 Å². The highest BCUT2D eigenvalue weighted by molar-refractivity contribution is 6.01. The van der Waals surface area contributed by atoms with E-state index in [-0.39, 0.29) is 5.92 Å². The lowest BCUT2D eigenvalue weighted by Crippen LogP contribution is -2.52. The van der Waals surface area contributed by atoms with Crippen LogP contribution in [0.1, 0.15) is 41.5 Å². The van der Waals surface area contributed by atoms with Crippen molar-refractivity contribution in [2.24, 2.45) is 0 Å². The molecule has 43 heavy (non-hydrogen) atoms. The predicted octanol–water partition coefficient (Wildman–Crippen LogP) is 4.16. The van der Waals surface area contributed by atoms with Gasteiger partial charge in [-0.1, -0.05) is 97.1 Å². The third-order valence-corrected chi connectivity index (χ3v) is 7.44. The van der Waals surface area contributed by atoms with E-state index in [0.29, 0.717) is 12.8 Å². The molecular formula is C33H33NO9. The van der Waals surface area contributed by atoms with E-state index in [1.807, 2.05) is 97.1 Å². The topological polar surface area (TPSA) is 151 Å². The quantitative estimate of drug-likeness (QED) is 0.198. The number of hydrogen-bond acceptors (Lipinski definition) is 6. The number of aryl methyl sites for hydroxylation is 1. The van der Waals surface area contributed by atoms with Gasteiger partial charge in [0, 0.05) is 12.0 Å². The lowest BCUT2D eigenvalue weighted by Gasteiger charge is -2.35. The first-order valence-corrected chi connectivity index (χ1v) is 13.8. The zero-order valence-corrected chi connectivity index (χ0v) is 23.5. The van der Waals surface area contributed by atoms with Crippen molar-refractivity contribution in [1.29, 1.82) is 0 Å². The molecule has 1 aliphatic rings. The number of aliphatic carboxylic acids is 3. The molecular weight excluding hydrogens is 554 g/mol. The highest BCUT2D eigenvalue weighted by Crippen LogP contribution is 2.32. The molecule has 0 radical (unpaired) electrons. The summed E-state index contributed by atoms with van der Waals surface area (Å²) in [4.78, 5) is 50.0. The molecule has 1 fully saturated rings. The van der Waals surface area contributed by atoms with Crippen LogP contribution in [0.5, 0.6) is 0 Å². The SMILES string of the molecule is CC(C(CCc1ccccc1)c1cccc(C=Cc2ccccc2)c1)N(CC(=O)O)C(=O)C1COC(C(=O)O)(C(=O)O)O1. The van der Waals surface area contributed by atoms with E-state index in [2.05, 4.69) is 0 Å². The summed E-state index contributed by atoms with van der Waals surface area (Å²) in [6.45, 7) is 0.359. The molecule has 10 nitrogen and oxygen atoms in total. The van der Waals surface area contributed by atoms with Gasteiger partial charge in [-0.2, -0.15) is 0 Å². The summed E-state index contributed by atoms with van der Waals surface area (Å²) in [7, 11) is 0. The highest BCUT2D eigenvalue weighted by atomic mass is 16.8. The first-order valence-electron chi connectivity index (χ1n) is 13.8. The number of amides is 1. The van der Waals surface area contributed by atoms with E-state index in [1.54, 1.807) is 6.92 Å². The molecule has 3 aromatic carbocycles. The fourth-order valence-electron chi connectivity index (χ4n) is 5.17. The van der Waals surface area contributed by atoms with Gasteiger partial charge in [0.1, 0.15) is 6.54 Å². The summed E-state index contributed by atoms with van der Waals surface area (Å²) in [5.41, 5.74) is 3.87. The van der Waals surface area contributed by atoms with Crippen LogP contribution >= 0.6 is 0 Å². The van der Waals surface area contributed by atoms with Gasteiger partial charge in [-0.25, -0.2) is 9.59 Å². The van der Waals surface area contributed by atoms with Crippen molar-refractivity contribution in [3.8, 4) is 0 Å². The number of carboxylic acids is 3. The minimum atomic E-state index is -3.05. The van der Waals surface area contributed by atoms with Gasteiger partial charge in [0.05, 0.1) is 6.61 Å². The molecule has 4 rings (SSSR count). The van der Waals surface area contributed by atoms with Gasteiger partial charge < -0.3 is 29.7 Å². The number of carbonyl (C=O) groups is 4. The van der Waals surface area contributed by atoms with Crippen LogP contribution in [0.3, 0.4) is 0 Å². The van der Waals surface area contributed by atoms with Gasteiger partial charge in [0.15, 0.2) is 6.10 Å². The highest BCUT2D eigenvalue weighted by Gasteiger charge is 2.58. The Hall–Kier alpha value is -4.80. The monoisotopic (exact) mass is 587 g/mol. The fourth-order valence-corrected chi connectivity index (χ4v) is 5.17. The van der Waals surface area contributed by atoms with Gasteiger partial charge in [-0.15, -0.1) is 0 Å². The van der Waals surface area contributed by atoms with Crippen molar-refractivity contribution < 1.29 is 44.0 Å². The minimum absolute atomic E-state index is 0.348. The first kappa shape index (κ1) is 31.1. The van der Waals surface area contributed by atoms with Crippen molar-refractivity contribution >= 4 is 36.0 Å². The van der Waals surface area contributed by atoms with E-state index < -0.39 is 54.9 Å². The molecule has 1 saturated heterocycles. The van der Waals surface area contributed by atoms with Crippen LogP contribution in [-0.4, -0.2) is 75.1 Å². The molecule has 1 aliphatic heterocycles. The van der Waals surface area contributed by atoms with Crippen molar-refractivity contribution in [1.82, 2.24) is 4.90 Å². The maximum Gasteiger partial charge on any atom is 0.377 e. The van der Waals surface area contributed by atoms with Gasteiger partial charge >= 0.3 is 23.7 Å². The molecule has 10 heteroatoms. The van der Waals surface area contributed by atoms with Gasteiger partial charge in [0.25, 0.3) is 5.91 Å². The van der Waals surface area contributed by atoms with E-state index in [1.165, 1.54) is 0 Å². The average Bonchev–Trinajstić information content (AvgIpc) is 3.47. The zero-order chi connectivity index (χ0) is 31.0. The molecule has 0 spiro atoms. The smallest absolute Gasteiger partial charge is 0.377 e. The molecule has 3 N–H and O–H groups in total. The molecule has 0 aromatic heterocycles. The Labute approximate surface area is 248 Å². The predicted molar refractivity (Wildman–Crippen MR) is 157 cm³/mol. The van der Waals surface area contributed by atoms with Crippen molar-refractivity contribution in [3.63, 3.8) is 0 Å². The summed E-state index contributed by atoms with van der Waals surface area (Å²) >= 11 is 0. The largest absolute Gasteiger partial charge is 0.480 e. The summed E-state index contributed by atoms with van der Waals surface area (Å²) < 4.78 is 10.1. The second-order valence-corrected chi connectivity index (χ2v) is 10.3. The van der Waals surface area contributed by atoms with Crippen LogP contribution < -0.4 is 0 Å². The second-order valence-electron chi connectivity index (χ2n) is 10.3. The lowest BCUT2D eigenvalue weighted by molar-refractivity contribution is -0.218. The van der Waals surface area contributed by atoms with E-state index >= 15 is 0 Å². The zero-order valence-electron chi connectivity index (χ0n) is 23.5. The van der Waals surface area contributed by atoms with Crippen LogP contribution in [0.2, 0.25) is 0 Å². The number of hydrogen-bond donors (Lipinski definition) is 3. The molecule has 3 unspecified atom stereocenters. The Bertz CT molecular complexity index is 1460. The molecule has 1 heterocycles. The summed E-state index contributed by atoms with van der Waals surface area (Å²) in [6.07, 6.45) is 3.52. The number of carboxylic acid groups (broad SMARTS) is 3.